The highest BCUT2D eigenvalue weighted by Crippen LogP contribution is 2.29. The zero-order valence-electron chi connectivity index (χ0n) is 16.5. The molecule has 1 amide bonds. The maximum Gasteiger partial charge on any atom is 0.226 e. The Bertz CT molecular complexity index is 956. The number of nitrogens with one attached hydrogen (secondary N) is 2. The van der Waals surface area contributed by atoms with Crippen molar-refractivity contribution >= 4 is 17.2 Å². The van der Waals surface area contributed by atoms with Crippen molar-refractivity contribution in [2.24, 2.45) is 0 Å². The van der Waals surface area contributed by atoms with Crippen LogP contribution in [0, 0.1) is 0 Å². The smallest absolute Gasteiger partial charge is 0.226 e. The van der Waals surface area contributed by atoms with E-state index in [4.69, 9.17) is 9.47 Å². The molecule has 28 heavy (non-hydrogen) atoms. The fourth-order valence-corrected chi connectivity index (χ4v) is 3.11. The molecule has 0 radical (unpaired) electrons. The Hall–Kier alpha value is -3.13. The molecule has 0 aliphatic heterocycles. The molecule has 2 heterocycles. The molecule has 148 valence electrons. The van der Waals surface area contributed by atoms with Crippen molar-refractivity contribution in [1.82, 2.24) is 19.9 Å². The Balaban J connectivity index is 1.61. The van der Waals surface area contributed by atoms with E-state index in [9.17, 15) is 4.79 Å². The summed E-state index contributed by atoms with van der Waals surface area (Å²) in [5, 5.41) is 14.7. The second-order valence-electron chi connectivity index (χ2n) is 6.59. The molecule has 3 aromatic rings. The first kappa shape index (κ1) is 19.6. The molecular formula is C20H25N5O3. The van der Waals surface area contributed by atoms with Gasteiger partial charge in [-0.15, -0.1) is 10.2 Å². The Morgan fingerprint density at radius 2 is 1.96 bits per heavy atom. The van der Waals surface area contributed by atoms with Gasteiger partial charge in [0.05, 0.1) is 25.9 Å². The zero-order chi connectivity index (χ0) is 20.1. The van der Waals surface area contributed by atoms with Crippen LogP contribution >= 0.6 is 0 Å². The van der Waals surface area contributed by atoms with Gasteiger partial charge in [0.1, 0.15) is 11.5 Å². The van der Waals surface area contributed by atoms with Gasteiger partial charge in [-0.3, -0.25) is 9.20 Å². The number of hydrogen-bond donors (Lipinski definition) is 2. The van der Waals surface area contributed by atoms with Crippen LogP contribution in [-0.2, 0) is 4.79 Å². The lowest BCUT2D eigenvalue weighted by molar-refractivity contribution is -0.116. The molecule has 0 spiro atoms. The average molecular weight is 383 g/mol. The van der Waals surface area contributed by atoms with Crippen LogP contribution in [0.1, 0.15) is 32.1 Å². The number of benzene rings is 1. The SMILES string of the molecule is COc1ccc(OC)c(NC(=O)CC(C)NC(C)c2nnc3ccccn23)c1. The number of pyridine rings is 1. The van der Waals surface area contributed by atoms with E-state index in [1.165, 1.54) is 0 Å². The number of carbonyl (C=O) groups is 1. The van der Waals surface area contributed by atoms with Crippen LogP contribution in [0.5, 0.6) is 11.5 Å². The molecule has 1 aromatic carbocycles. The molecule has 0 bridgehead atoms. The second kappa shape index (κ2) is 8.71. The van der Waals surface area contributed by atoms with E-state index in [1.54, 1.807) is 32.4 Å². The van der Waals surface area contributed by atoms with Crippen LogP contribution in [0.3, 0.4) is 0 Å². The Labute approximate surface area is 163 Å². The fraction of sp³-hybridized carbons (Fsp3) is 0.350. The van der Waals surface area contributed by atoms with Crippen LogP contribution in [0.15, 0.2) is 42.6 Å². The van der Waals surface area contributed by atoms with Gasteiger partial charge in [0.25, 0.3) is 0 Å². The summed E-state index contributed by atoms with van der Waals surface area (Å²) in [6.45, 7) is 3.96. The summed E-state index contributed by atoms with van der Waals surface area (Å²) in [5.74, 6) is 1.91. The number of rotatable bonds is 8. The average Bonchev–Trinajstić information content (AvgIpc) is 3.12. The number of methoxy groups -OCH3 is 2. The molecule has 0 saturated heterocycles. The van der Waals surface area contributed by atoms with Crippen LogP contribution in [0.2, 0.25) is 0 Å². The second-order valence-corrected chi connectivity index (χ2v) is 6.59. The van der Waals surface area contributed by atoms with Gasteiger partial charge >= 0.3 is 0 Å². The summed E-state index contributed by atoms with van der Waals surface area (Å²) < 4.78 is 12.4. The zero-order valence-corrected chi connectivity index (χ0v) is 16.5. The highest BCUT2D eigenvalue weighted by atomic mass is 16.5. The van der Waals surface area contributed by atoms with Gasteiger partial charge in [-0.1, -0.05) is 6.07 Å². The highest BCUT2D eigenvalue weighted by Gasteiger charge is 2.18. The van der Waals surface area contributed by atoms with Crippen molar-refractivity contribution < 1.29 is 14.3 Å². The highest BCUT2D eigenvalue weighted by molar-refractivity contribution is 5.92. The predicted molar refractivity (Wildman–Crippen MR) is 107 cm³/mol. The fourth-order valence-electron chi connectivity index (χ4n) is 3.11. The predicted octanol–water partition coefficient (Wildman–Crippen LogP) is 2.81. The van der Waals surface area contributed by atoms with Crippen LogP contribution in [0.4, 0.5) is 5.69 Å². The third-order valence-corrected chi connectivity index (χ3v) is 4.43. The van der Waals surface area contributed by atoms with Crippen LogP contribution in [-0.4, -0.2) is 40.8 Å². The maximum atomic E-state index is 12.5. The molecule has 0 aliphatic rings. The van der Waals surface area contributed by atoms with Gasteiger partial charge in [0, 0.05) is 24.7 Å². The van der Waals surface area contributed by atoms with E-state index in [-0.39, 0.29) is 18.0 Å². The van der Waals surface area contributed by atoms with Crippen molar-refractivity contribution in [3.8, 4) is 11.5 Å². The monoisotopic (exact) mass is 383 g/mol. The number of ether oxygens (including phenoxy) is 2. The lowest BCUT2D eigenvalue weighted by atomic mass is 10.1. The number of amides is 1. The van der Waals surface area contributed by atoms with Crippen LogP contribution < -0.4 is 20.1 Å². The summed E-state index contributed by atoms with van der Waals surface area (Å²) in [5.41, 5.74) is 1.37. The normalized spacial score (nSPS) is 13.1. The largest absolute Gasteiger partial charge is 0.497 e. The van der Waals surface area contributed by atoms with Gasteiger partial charge in [-0.2, -0.15) is 0 Å². The van der Waals surface area contributed by atoms with E-state index in [1.807, 2.05) is 42.6 Å². The van der Waals surface area contributed by atoms with E-state index >= 15 is 0 Å². The number of fused-ring (bicyclic) bond motifs is 1. The summed E-state index contributed by atoms with van der Waals surface area (Å²) in [6.07, 6.45) is 2.22. The lowest BCUT2D eigenvalue weighted by Gasteiger charge is -2.19. The Kier molecular flexibility index (Phi) is 6.10. The molecule has 2 N–H and O–H groups in total. The molecule has 8 nitrogen and oxygen atoms in total. The van der Waals surface area contributed by atoms with E-state index in [0.29, 0.717) is 23.6 Å². The summed E-state index contributed by atoms with van der Waals surface area (Å²) in [6, 6.07) is 10.9. The summed E-state index contributed by atoms with van der Waals surface area (Å²) in [7, 11) is 3.14. The standard InChI is InChI=1S/C20H25N5O3/c1-13(21-14(2)20-24-23-18-7-5-6-10-25(18)20)11-19(26)22-16-12-15(27-3)8-9-17(16)28-4/h5-10,12-14,21H,11H2,1-4H3,(H,22,26). The molecule has 0 aliphatic carbocycles. The molecule has 0 saturated carbocycles. The molecule has 3 rings (SSSR count). The van der Waals surface area contributed by atoms with Crippen molar-refractivity contribution in [3.63, 3.8) is 0 Å². The molecule has 2 atom stereocenters. The first-order valence-electron chi connectivity index (χ1n) is 9.09. The van der Waals surface area contributed by atoms with Gasteiger partial charge in [0.2, 0.25) is 5.91 Å². The third-order valence-electron chi connectivity index (χ3n) is 4.43. The minimum Gasteiger partial charge on any atom is -0.497 e. The number of hydrogen-bond acceptors (Lipinski definition) is 6. The first-order valence-corrected chi connectivity index (χ1v) is 9.09. The van der Waals surface area contributed by atoms with Gasteiger partial charge < -0.3 is 20.1 Å². The number of carbonyl (C=O) groups excluding carboxylic acids is 1. The first-order chi connectivity index (χ1) is 13.5. The van der Waals surface area contributed by atoms with Gasteiger partial charge in [-0.05, 0) is 38.1 Å². The van der Waals surface area contributed by atoms with Crippen molar-refractivity contribution in [2.45, 2.75) is 32.4 Å². The van der Waals surface area contributed by atoms with Crippen molar-refractivity contribution in [3.05, 3.63) is 48.4 Å². The minimum absolute atomic E-state index is 0.0634. The summed E-state index contributed by atoms with van der Waals surface area (Å²) in [4.78, 5) is 12.5. The molecule has 0 fully saturated rings. The third kappa shape index (κ3) is 4.40. The molecule has 2 aromatic heterocycles. The molecule has 2 unspecified atom stereocenters. The number of aromatic nitrogens is 3. The van der Waals surface area contributed by atoms with Crippen LogP contribution in [0.25, 0.3) is 5.65 Å². The van der Waals surface area contributed by atoms with E-state index < -0.39 is 0 Å². The maximum absolute atomic E-state index is 12.5. The minimum atomic E-state index is -0.121. The molecular weight excluding hydrogens is 358 g/mol. The Morgan fingerprint density at radius 3 is 2.71 bits per heavy atom. The quantitative estimate of drug-likeness (QED) is 0.622. The van der Waals surface area contributed by atoms with Crippen molar-refractivity contribution in [1.29, 1.82) is 0 Å². The Morgan fingerprint density at radius 1 is 1.14 bits per heavy atom. The van der Waals surface area contributed by atoms with Crippen molar-refractivity contribution in [2.75, 3.05) is 19.5 Å². The number of nitrogens with zero attached hydrogens (tertiary/aromatic N) is 3. The topological polar surface area (TPSA) is 89.8 Å². The van der Waals surface area contributed by atoms with E-state index in [0.717, 1.165) is 11.5 Å². The van der Waals surface area contributed by atoms with E-state index in [2.05, 4.69) is 20.8 Å². The lowest BCUT2D eigenvalue weighted by Crippen LogP contribution is -2.33. The van der Waals surface area contributed by atoms with Gasteiger partial charge in [-0.25, -0.2) is 0 Å². The van der Waals surface area contributed by atoms with Gasteiger partial charge in [0.15, 0.2) is 11.5 Å². The summed E-state index contributed by atoms with van der Waals surface area (Å²) >= 11 is 0. The number of anilines is 1. The molecule has 8 heteroatoms.